The molecule has 0 amide bonds. The molecule has 0 aliphatic carbocycles. The van der Waals surface area contributed by atoms with Gasteiger partial charge in [0, 0.05) is 24.8 Å². The smallest absolute Gasteiger partial charge is 0.174 e. The van der Waals surface area contributed by atoms with E-state index < -0.39 is 23.5 Å². The van der Waals surface area contributed by atoms with Crippen LogP contribution in [0.5, 0.6) is 11.5 Å². The summed E-state index contributed by atoms with van der Waals surface area (Å²) in [6.07, 6.45) is 0.0325. The van der Waals surface area contributed by atoms with Gasteiger partial charge in [0.05, 0.1) is 17.2 Å². The summed E-state index contributed by atoms with van der Waals surface area (Å²) >= 11 is 0. The van der Waals surface area contributed by atoms with Crippen LogP contribution in [0, 0.1) is 0 Å². The predicted molar refractivity (Wildman–Crippen MR) is 68.4 cm³/mol. The summed E-state index contributed by atoms with van der Waals surface area (Å²) in [6, 6.07) is 1.44. The molecule has 0 fully saturated rings. The minimum absolute atomic E-state index is 0.0325. The fraction of sp³-hybridized carbons (Fsp3) is 0.286. The van der Waals surface area contributed by atoms with Crippen molar-refractivity contribution in [3.63, 3.8) is 0 Å². The lowest BCUT2D eigenvalue weighted by molar-refractivity contribution is -0.752. The second-order valence-corrected chi connectivity index (χ2v) is 5.65. The number of phenolic OH excluding ortho intramolecular Hbond substituents is 2. The fourth-order valence-corrected chi connectivity index (χ4v) is 3.02. The second-order valence-electron chi connectivity index (χ2n) is 5.65. The van der Waals surface area contributed by atoms with Gasteiger partial charge in [-0.2, -0.15) is 0 Å². The number of phenols is 2. The third kappa shape index (κ3) is 1.81. The van der Waals surface area contributed by atoms with Crippen molar-refractivity contribution in [3.05, 3.63) is 23.4 Å². The van der Waals surface area contributed by atoms with E-state index in [1.54, 1.807) is 0 Å². The topological polar surface area (TPSA) is 153 Å². The molecule has 1 aromatic heterocycles. The molecule has 0 unspecified atom stereocenters. The van der Waals surface area contributed by atoms with Gasteiger partial charge < -0.3 is 40.3 Å². The number of nitrogens with one attached hydrogen (secondary N) is 1. The predicted octanol–water partition coefficient (Wildman–Crippen LogP) is -3.22. The van der Waals surface area contributed by atoms with E-state index in [1.807, 2.05) is 0 Å². The van der Waals surface area contributed by atoms with E-state index in [0.717, 1.165) is 0 Å². The van der Waals surface area contributed by atoms with Crippen molar-refractivity contribution in [2.45, 2.75) is 24.9 Å². The van der Waals surface area contributed by atoms with Crippen LogP contribution in [0.2, 0.25) is 0 Å². The fourth-order valence-electron chi connectivity index (χ4n) is 3.02. The zero-order valence-electron chi connectivity index (χ0n) is 11.5. The Morgan fingerprint density at radius 1 is 1.32 bits per heavy atom. The molecule has 0 spiro atoms. The van der Waals surface area contributed by atoms with Crippen LogP contribution in [-0.4, -0.2) is 33.2 Å². The molecule has 1 aliphatic heterocycles. The van der Waals surface area contributed by atoms with Gasteiger partial charge in [-0.3, -0.25) is 0 Å². The third-order valence-electron chi connectivity index (χ3n) is 4.21. The maximum atomic E-state index is 11.5. The molecule has 8 heteroatoms. The zero-order valence-corrected chi connectivity index (χ0v) is 11.5. The number of aromatic hydroxyl groups is 2. The molecule has 2 atom stereocenters. The number of quaternary nitrogens is 1. The number of carbonyl (C=O) groups is 2. The Labute approximate surface area is 124 Å². The summed E-state index contributed by atoms with van der Waals surface area (Å²) < 4.78 is 0. The molecule has 1 aliphatic rings. The Hall–Kier alpha value is -2.74. The monoisotopic (exact) mass is 305 g/mol. The van der Waals surface area contributed by atoms with Crippen molar-refractivity contribution in [1.82, 2.24) is 4.98 Å². The molecule has 2 aromatic rings. The van der Waals surface area contributed by atoms with Gasteiger partial charge in [-0.05, 0) is 11.6 Å². The van der Waals surface area contributed by atoms with Crippen LogP contribution >= 0.6 is 0 Å². The number of carbonyl (C=O) groups excluding carboxylic acids is 2. The molecule has 2 heterocycles. The molecule has 1 aromatic carbocycles. The molecular formula is C14H13N2O6-. The van der Waals surface area contributed by atoms with Crippen molar-refractivity contribution in [3.8, 4) is 11.5 Å². The molecular weight excluding hydrogens is 292 g/mol. The van der Waals surface area contributed by atoms with Gasteiger partial charge in [0.2, 0.25) is 0 Å². The van der Waals surface area contributed by atoms with Gasteiger partial charge in [0.1, 0.15) is 12.0 Å². The summed E-state index contributed by atoms with van der Waals surface area (Å²) in [7, 11) is 0. The molecule has 3 rings (SSSR count). The highest BCUT2D eigenvalue weighted by Gasteiger charge is 2.44. The van der Waals surface area contributed by atoms with Crippen LogP contribution in [0.3, 0.4) is 0 Å². The Morgan fingerprint density at radius 3 is 2.55 bits per heavy atom. The number of fused-ring (bicyclic) bond motifs is 3. The van der Waals surface area contributed by atoms with Gasteiger partial charge >= 0.3 is 0 Å². The van der Waals surface area contributed by atoms with Gasteiger partial charge in [0.15, 0.2) is 17.0 Å². The maximum Gasteiger partial charge on any atom is 0.174 e. The van der Waals surface area contributed by atoms with Crippen LogP contribution in [0.25, 0.3) is 10.9 Å². The minimum Gasteiger partial charge on any atom is -0.544 e. The van der Waals surface area contributed by atoms with E-state index in [4.69, 9.17) is 0 Å². The van der Waals surface area contributed by atoms with E-state index in [1.165, 1.54) is 24.4 Å². The lowest BCUT2D eigenvalue weighted by Gasteiger charge is -2.37. The summed E-state index contributed by atoms with van der Waals surface area (Å²) in [5, 5.41) is 43.5. The maximum absolute atomic E-state index is 11.5. The van der Waals surface area contributed by atoms with Gasteiger partial charge in [-0.25, -0.2) is 0 Å². The van der Waals surface area contributed by atoms with Crippen molar-refractivity contribution in [2.24, 2.45) is 0 Å². The first kappa shape index (κ1) is 14.2. The van der Waals surface area contributed by atoms with Crippen molar-refractivity contribution < 1.29 is 35.3 Å². The molecule has 116 valence electrons. The molecule has 5 N–H and O–H groups in total. The minimum atomic E-state index is -1.64. The highest BCUT2D eigenvalue weighted by molar-refractivity contribution is 5.91. The molecule has 0 radical (unpaired) electrons. The number of rotatable bonds is 2. The number of aliphatic carboxylic acids is 2. The average molecular weight is 305 g/mol. The summed E-state index contributed by atoms with van der Waals surface area (Å²) in [5.74, 6) is -3.55. The number of carboxylic acids is 2. The normalized spacial score (nSPS) is 24.1. The van der Waals surface area contributed by atoms with E-state index >= 15 is 0 Å². The van der Waals surface area contributed by atoms with Crippen LogP contribution in [0.1, 0.15) is 18.2 Å². The first-order valence-electron chi connectivity index (χ1n) is 6.59. The number of H-pyrrole nitrogens is 1. The highest BCUT2D eigenvalue weighted by atomic mass is 16.4. The number of aromatic nitrogens is 1. The van der Waals surface area contributed by atoms with Gasteiger partial charge in [-0.1, -0.05) is 0 Å². The van der Waals surface area contributed by atoms with Crippen LogP contribution in [0.4, 0.5) is 0 Å². The molecule has 0 bridgehead atoms. The number of nitrogens with two attached hydrogens (primary N) is 1. The number of carboxylic acid groups (broad SMARTS) is 2. The Balaban J connectivity index is 2.31. The largest absolute Gasteiger partial charge is 0.544 e. The number of benzene rings is 1. The van der Waals surface area contributed by atoms with E-state index in [2.05, 4.69) is 4.98 Å². The third-order valence-corrected chi connectivity index (χ3v) is 4.21. The van der Waals surface area contributed by atoms with Gasteiger partial charge in [0.25, 0.3) is 0 Å². The number of aromatic amines is 1. The average Bonchev–Trinajstić information content (AvgIpc) is 2.78. The number of hydrogen-bond acceptors (Lipinski definition) is 6. The summed E-state index contributed by atoms with van der Waals surface area (Å²) in [5.41, 5.74) is -0.498. The summed E-state index contributed by atoms with van der Waals surface area (Å²) in [4.78, 5) is 25.6. The zero-order chi connectivity index (χ0) is 16.2. The first-order valence-corrected chi connectivity index (χ1v) is 6.59. The lowest BCUT2D eigenvalue weighted by Crippen LogP contribution is -3.05. The standard InChI is InChI=1S/C14H14N2O6/c1-14(13(21)22)11-6(2-8(16-14)12(19)20)5-3-9(17)10(18)4-7(5)15-11/h3-4,8,15-18H,2H2,1H3,(H,19,20)(H,21,22)/p-1/t8-,14-/m0/s1. The highest BCUT2D eigenvalue weighted by Crippen LogP contribution is 2.37. The van der Waals surface area contributed by atoms with Crippen LogP contribution < -0.4 is 15.5 Å². The second kappa shape index (κ2) is 4.38. The van der Waals surface area contributed by atoms with Crippen molar-refractivity contribution in [2.75, 3.05) is 0 Å². The van der Waals surface area contributed by atoms with Crippen LogP contribution in [-0.2, 0) is 21.5 Å². The molecule has 22 heavy (non-hydrogen) atoms. The Bertz CT molecular complexity index is 811. The van der Waals surface area contributed by atoms with E-state index in [9.17, 15) is 30.0 Å². The summed E-state index contributed by atoms with van der Waals surface area (Å²) in [6.45, 7) is 1.34. The van der Waals surface area contributed by atoms with Crippen molar-refractivity contribution >= 4 is 22.8 Å². The van der Waals surface area contributed by atoms with Gasteiger partial charge in [-0.15, -0.1) is 0 Å². The lowest BCUT2D eigenvalue weighted by atomic mass is 9.85. The molecule has 0 saturated carbocycles. The van der Waals surface area contributed by atoms with E-state index in [-0.39, 0.29) is 23.6 Å². The van der Waals surface area contributed by atoms with E-state index in [0.29, 0.717) is 16.5 Å². The first-order chi connectivity index (χ1) is 10.2. The SMILES string of the molecule is C[C@]1(C(=O)[O-])[NH2+][C@H](C(=O)[O-])Cc2c1[nH]c1cc(O)c(O)cc21. The van der Waals surface area contributed by atoms with Crippen LogP contribution in [0.15, 0.2) is 12.1 Å². The number of hydrogen-bond donors (Lipinski definition) is 4. The Morgan fingerprint density at radius 2 is 1.95 bits per heavy atom. The molecule has 8 nitrogen and oxygen atoms in total. The van der Waals surface area contributed by atoms with Crippen molar-refractivity contribution in [1.29, 1.82) is 0 Å². The molecule has 0 saturated heterocycles. The Kier molecular flexibility index (Phi) is 2.83. The quantitative estimate of drug-likeness (QED) is 0.428.